The molecule has 14 N–H and O–H groups in total. The zero-order chi connectivity index (χ0) is 62.7. The molecule has 0 bridgehead atoms. The maximum absolute atomic E-state index is 15.2. The molecule has 1 aliphatic rings. The van der Waals surface area contributed by atoms with Crippen LogP contribution in [-0.2, 0) is 64.0 Å². The van der Waals surface area contributed by atoms with E-state index in [0.717, 1.165) is 26.7 Å². The molecule has 6 aromatic rings. The molecule has 0 spiro atoms. The van der Waals surface area contributed by atoms with Crippen LogP contribution in [0.2, 0.25) is 0 Å². The summed E-state index contributed by atoms with van der Waals surface area (Å²) in [5, 5.41) is 39.4. The summed E-state index contributed by atoms with van der Waals surface area (Å²) < 4.78 is 13.7. The average Bonchev–Trinajstić information content (AvgIpc) is 3.36. The number of aliphatic hydroxyl groups is 1. The summed E-state index contributed by atoms with van der Waals surface area (Å²) in [7, 11) is 1.30. The van der Waals surface area contributed by atoms with Crippen molar-refractivity contribution < 1.29 is 53.0 Å². The molecule has 0 saturated carbocycles. The van der Waals surface area contributed by atoms with Crippen molar-refractivity contribution in [3.63, 3.8) is 0 Å². The second kappa shape index (κ2) is 31.2. The summed E-state index contributed by atoms with van der Waals surface area (Å²) in [4.78, 5) is 128. The smallest absolute Gasteiger partial charge is 0.247 e. The number of aryl methyl sites for hydroxylation is 1. The number of likely N-dealkylation sites (N-methyl/N-ethyl adjacent to an activating group) is 2. The Morgan fingerprint density at radius 3 is 1.85 bits per heavy atom. The van der Waals surface area contributed by atoms with Gasteiger partial charge in [0, 0.05) is 86.6 Å². The van der Waals surface area contributed by atoms with E-state index < -0.39 is 96.1 Å². The van der Waals surface area contributed by atoms with E-state index in [0.29, 0.717) is 41.6 Å². The highest BCUT2D eigenvalue weighted by Gasteiger charge is 2.40. The van der Waals surface area contributed by atoms with Crippen molar-refractivity contribution in [1.82, 2.24) is 51.7 Å². The lowest BCUT2D eigenvalue weighted by molar-refractivity contribution is -0.144. The van der Waals surface area contributed by atoms with Gasteiger partial charge in [-0.25, -0.2) is 4.39 Å². The Kier molecular flexibility index (Phi) is 23.4. The fraction of sp³-hybridized carbons (Fsp3) is 0.413. The Balaban J connectivity index is 1.15. The number of likely N-dealkylation sites (tertiary alicyclic amines) is 1. The third-order valence-electron chi connectivity index (χ3n) is 15.4. The molecule has 7 rings (SSSR count). The molecule has 3 heterocycles. The Hall–Kier alpha value is -9.32. The van der Waals surface area contributed by atoms with Crippen LogP contribution in [0.15, 0.2) is 114 Å². The molecular formula is C63H80FN13O10. The van der Waals surface area contributed by atoms with Gasteiger partial charge in [-0.15, -0.1) is 0 Å². The van der Waals surface area contributed by atoms with E-state index in [1.165, 1.54) is 36.2 Å². The third-order valence-corrected chi connectivity index (χ3v) is 15.4. The number of aliphatic imine (C=N–C) groups is 1. The van der Waals surface area contributed by atoms with E-state index in [-0.39, 0.29) is 88.0 Å². The number of carbonyl (C=O) groups excluding carboxylic acids is 8. The van der Waals surface area contributed by atoms with Crippen LogP contribution in [0.5, 0.6) is 5.75 Å². The number of aromatic hydroxyl groups is 1. The maximum atomic E-state index is 15.2. The van der Waals surface area contributed by atoms with Gasteiger partial charge in [-0.1, -0.05) is 74.5 Å². The molecule has 464 valence electrons. The number of H-pyrrole nitrogens is 2. The van der Waals surface area contributed by atoms with Gasteiger partial charge in [-0.05, 0) is 110 Å². The van der Waals surface area contributed by atoms with Gasteiger partial charge in [-0.3, -0.25) is 43.3 Å². The van der Waals surface area contributed by atoms with E-state index in [2.05, 4.69) is 46.9 Å². The number of rotatable bonds is 30. The van der Waals surface area contributed by atoms with Crippen molar-refractivity contribution in [3.05, 3.63) is 138 Å². The quantitative estimate of drug-likeness (QED) is 0.0176. The van der Waals surface area contributed by atoms with Crippen LogP contribution < -0.4 is 43.4 Å². The number of para-hydroxylation sites is 2. The zero-order valence-electron chi connectivity index (χ0n) is 49.4. The number of halogens is 1. The number of aliphatic hydroxyl groups excluding tert-OH is 1. The topological polar surface area (TPSA) is 352 Å². The molecule has 1 saturated heterocycles. The van der Waals surface area contributed by atoms with Crippen LogP contribution in [0, 0.1) is 11.7 Å². The van der Waals surface area contributed by atoms with Crippen LogP contribution in [0.1, 0.15) is 81.5 Å². The molecule has 0 unspecified atom stereocenters. The zero-order valence-corrected chi connectivity index (χ0v) is 49.4. The highest BCUT2D eigenvalue weighted by Crippen LogP contribution is 2.24. The number of carbonyl (C=O) groups is 8. The maximum Gasteiger partial charge on any atom is 0.247 e. The standard InChI is InChI=1S/C63H80FN13O10/c1-5-67-59(84)53-17-11-29-77(53)62(87)48(16-10-28-68-63(65)66)72-56(81)49(30-37(2)3)73-58(83)51(33-41-35-70-47-15-9-7-13-45(41)47)74-60(85)54(31-39-20-25-43(79)26-21-39)76(4)61(86)52(36-78)75-57(82)50(32-40-34-69-46-14-8-6-12-44(40)46)71-55(80)27-22-38-18-23-42(64)24-19-38/h6-9,12-15,18-21,23-26,34-35,37,48-54,69-70,78-79H,5,10-11,16-17,22,27-33,36H2,1-4H3,(H,67,84)(H,71,80)(H,72,81)(H,73,83)(H,74,85)(H,75,82)(H4,65,66,68)/t48-,49-,50-,51+,52-,53+,54-/m0/s1. The SMILES string of the molecule is CCNC(=O)[C@H]1CCCN1C(=O)[C@H](CCCN=C(N)N)NC(=O)[C@H](CC(C)C)NC(=O)[C@@H](Cc1c[nH]c2ccccc12)NC(=O)[C@H](Cc1ccc(O)cc1)N(C)C(=O)[C@H](CO)NC(=O)[C@H](Cc1c[nH]c2ccccc12)NC(=O)CCc1ccc(F)cc1. The minimum Gasteiger partial charge on any atom is -0.508 e. The number of guanidine groups is 1. The highest BCUT2D eigenvalue weighted by molar-refractivity contribution is 5.99. The third kappa shape index (κ3) is 18.1. The number of benzene rings is 4. The molecule has 1 aliphatic heterocycles. The first-order chi connectivity index (χ1) is 41.7. The number of aromatic nitrogens is 2. The second-order valence-corrected chi connectivity index (χ2v) is 22.3. The molecule has 4 aromatic carbocycles. The first-order valence-corrected chi connectivity index (χ1v) is 29.4. The predicted octanol–water partition coefficient (Wildman–Crippen LogP) is 2.62. The normalized spacial score (nSPS) is 15.1. The van der Waals surface area contributed by atoms with Crippen molar-refractivity contribution in [2.24, 2.45) is 22.4 Å². The van der Waals surface area contributed by atoms with Crippen molar-refractivity contribution in [2.45, 2.75) is 127 Å². The fourth-order valence-electron chi connectivity index (χ4n) is 10.8. The Morgan fingerprint density at radius 1 is 0.713 bits per heavy atom. The molecule has 0 radical (unpaired) electrons. The number of hydrogen-bond donors (Lipinski definition) is 12. The van der Waals surface area contributed by atoms with E-state index in [1.54, 1.807) is 43.6 Å². The summed E-state index contributed by atoms with van der Waals surface area (Å²) in [6.07, 6.45) is 4.61. The number of hydrogen-bond acceptors (Lipinski definition) is 11. The number of nitrogens with one attached hydrogen (secondary N) is 8. The molecule has 87 heavy (non-hydrogen) atoms. The van der Waals surface area contributed by atoms with Gasteiger partial charge in [0.1, 0.15) is 53.9 Å². The van der Waals surface area contributed by atoms with Gasteiger partial charge in [-0.2, -0.15) is 0 Å². The first kappa shape index (κ1) is 65.2. The van der Waals surface area contributed by atoms with Gasteiger partial charge < -0.3 is 73.3 Å². The molecule has 24 heteroatoms. The van der Waals surface area contributed by atoms with Crippen LogP contribution in [-0.4, -0.2) is 159 Å². The second-order valence-electron chi connectivity index (χ2n) is 22.3. The van der Waals surface area contributed by atoms with Crippen molar-refractivity contribution in [3.8, 4) is 5.75 Å². The molecular weight excluding hydrogens is 1120 g/mol. The van der Waals surface area contributed by atoms with Crippen molar-refractivity contribution in [2.75, 3.05) is 33.3 Å². The van der Waals surface area contributed by atoms with Crippen molar-refractivity contribution in [1.29, 1.82) is 0 Å². The monoisotopic (exact) mass is 1200 g/mol. The summed E-state index contributed by atoms with van der Waals surface area (Å²) >= 11 is 0. The Labute approximate surface area is 504 Å². The number of amides is 8. The number of aromatic amines is 2. The highest BCUT2D eigenvalue weighted by atomic mass is 19.1. The van der Waals surface area contributed by atoms with Gasteiger partial charge >= 0.3 is 0 Å². The largest absolute Gasteiger partial charge is 0.508 e. The number of fused-ring (bicyclic) bond motifs is 2. The Bertz CT molecular complexity index is 3380. The number of phenols is 1. The molecule has 2 aromatic heterocycles. The summed E-state index contributed by atoms with van der Waals surface area (Å²) in [6, 6.07) is 17.2. The summed E-state index contributed by atoms with van der Waals surface area (Å²) in [6.45, 7) is 5.29. The molecule has 1 fully saturated rings. The van der Waals surface area contributed by atoms with Gasteiger partial charge in [0.2, 0.25) is 47.3 Å². The number of nitrogens with two attached hydrogens (primary N) is 2. The van der Waals surface area contributed by atoms with E-state index in [1.807, 2.05) is 62.4 Å². The first-order valence-electron chi connectivity index (χ1n) is 29.4. The van der Waals surface area contributed by atoms with Gasteiger partial charge in [0.15, 0.2) is 5.96 Å². The molecule has 23 nitrogen and oxygen atoms in total. The summed E-state index contributed by atoms with van der Waals surface area (Å²) in [5.41, 5.74) is 15.1. The molecule has 7 atom stereocenters. The predicted molar refractivity (Wildman–Crippen MR) is 327 cm³/mol. The van der Waals surface area contributed by atoms with Crippen LogP contribution >= 0.6 is 0 Å². The number of nitrogens with zero attached hydrogens (tertiary/aromatic N) is 3. The van der Waals surface area contributed by atoms with Gasteiger partial charge in [0.25, 0.3) is 0 Å². The van der Waals surface area contributed by atoms with E-state index in [4.69, 9.17) is 11.5 Å². The molecule has 8 amide bonds. The van der Waals surface area contributed by atoms with E-state index in [9.17, 15) is 43.4 Å². The number of phenolic OH excluding ortho intramolecular Hbond substituents is 1. The Morgan fingerprint density at radius 2 is 1.26 bits per heavy atom. The lowest BCUT2D eigenvalue weighted by Gasteiger charge is -2.32. The van der Waals surface area contributed by atoms with Crippen LogP contribution in [0.4, 0.5) is 4.39 Å². The lowest BCUT2D eigenvalue weighted by Crippen LogP contribution is -2.61. The van der Waals surface area contributed by atoms with Gasteiger partial charge in [0.05, 0.1) is 6.61 Å². The minimum atomic E-state index is -1.67. The lowest BCUT2D eigenvalue weighted by atomic mass is 9.99. The fourth-order valence-corrected chi connectivity index (χ4v) is 10.8. The van der Waals surface area contributed by atoms with Crippen LogP contribution in [0.3, 0.4) is 0 Å². The van der Waals surface area contributed by atoms with Crippen molar-refractivity contribution >= 4 is 75.0 Å². The minimum absolute atomic E-state index is 0.0383. The average molecular weight is 1200 g/mol. The summed E-state index contributed by atoms with van der Waals surface area (Å²) in [5.74, 6) is -6.27. The van der Waals surface area contributed by atoms with E-state index >= 15 is 9.59 Å². The van der Waals surface area contributed by atoms with Crippen LogP contribution in [0.25, 0.3) is 21.8 Å². The molecule has 0 aliphatic carbocycles.